The molecule has 0 bridgehead atoms. The smallest absolute Gasteiger partial charge is 0.407 e. The Bertz CT molecular complexity index is 355. The second-order valence-corrected chi connectivity index (χ2v) is 3.71. The van der Waals surface area contributed by atoms with Crippen molar-refractivity contribution >= 4 is 6.09 Å². The van der Waals surface area contributed by atoms with Gasteiger partial charge in [-0.2, -0.15) is 0 Å². The van der Waals surface area contributed by atoms with Crippen LogP contribution in [0.3, 0.4) is 0 Å². The first-order valence-corrected chi connectivity index (χ1v) is 4.86. The maximum atomic E-state index is 13.2. The lowest BCUT2D eigenvalue weighted by Crippen LogP contribution is -2.60. The summed E-state index contributed by atoms with van der Waals surface area (Å²) in [7, 11) is 0. The lowest BCUT2D eigenvalue weighted by molar-refractivity contribution is 0.00242. The number of likely N-dealkylation sites (tertiary alicyclic amines) is 1. The van der Waals surface area contributed by atoms with E-state index in [1.807, 2.05) is 30.3 Å². The largest absolute Gasteiger partial charge is 0.465 e. The molecular weight excluding hydrogens is 197 g/mol. The molecule has 0 spiro atoms. The maximum Gasteiger partial charge on any atom is 0.407 e. The summed E-state index contributed by atoms with van der Waals surface area (Å²) in [5, 5.41) is 8.76. The van der Waals surface area contributed by atoms with E-state index in [1.165, 1.54) is 0 Å². The van der Waals surface area contributed by atoms with Gasteiger partial charge in [0.1, 0.15) is 6.17 Å². The number of rotatable bonds is 2. The van der Waals surface area contributed by atoms with Crippen molar-refractivity contribution in [2.45, 2.75) is 18.6 Å². The monoisotopic (exact) mass is 209 g/mol. The van der Waals surface area contributed by atoms with Gasteiger partial charge < -0.3 is 5.11 Å². The fourth-order valence-electron chi connectivity index (χ4n) is 1.82. The van der Waals surface area contributed by atoms with Crippen molar-refractivity contribution in [2.75, 3.05) is 6.54 Å². The topological polar surface area (TPSA) is 40.5 Å². The Morgan fingerprint density at radius 2 is 2.13 bits per heavy atom. The minimum Gasteiger partial charge on any atom is -0.465 e. The zero-order valence-corrected chi connectivity index (χ0v) is 8.14. The highest BCUT2D eigenvalue weighted by atomic mass is 19.1. The molecule has 0 radical (unpaired) electrons. The van der Waals surface area contributed by atoms with Gasteiger partial charge in [0.2, 0.25) is 0 Å². The summed E-state index contributed by atoms with van der Waals surface area (Å²) in [6.07, 6.45) is -1.61. The Morgan fingerprint density at radius 3 is 2.67 bits per heavy atom. The number of nitrogens with zero attached hydrogens (tertiary/aromatic N) is 1. The van der Waals surface area contributed by atoms with Gasteiger partial charge in [-0.05, 0) is 12.0 Å². The summed E-state index contributed by atoms with van der Waals surface area (Å²) in [5.74, 6) is 0. The van der Waals surface area contributed by atoms with Crippen LogP contribution in [0.25, 0.3) is 0 Å². The molecule has 2 atom stereocenters. The van der Waals surface area contributed by atoms with E-state index in [2.05, 4.69) is 0 Å². The van der Waals surface area contributed by atoms with E-state index in [1.54, 1.807) is 0 Å². The molecular formula is C11H12FNO2. The van der Waals surface area contributed by atoms with Crippen LogP contribution >= 0.6 is 0 Å². The van der Waals surface area contributed by atoms with Crippen LogP contribution in [-0.4, -0.2) is 34.9 Å². The molecule has 3 nitrogen and oxygen atoms in total. The third-order valence-corrected chi connectivity index (χ3v) is 2.72. The number of benzene rings is 1. The Hall–Kier alpha value is -1.58. The van der Waals surface area contributed by atoms with Crippen molar-refractivity contribution in [1.29, 1.82) is 0 Å². The molecule has 1 heterocycles. The van der Waals surface area contributed by atoms with Crippen molar-refractivity contribution in [3.05, 3.63) is 35.9 Å². The molecule has 15 heavy (non-hydrogen) atoms. The fraction of sp³-hybridized carbons (Fsp3) is 0.364. The molecule has 4 heteroatoms. The van der Waals surface area contributed by atoms with Gasteiger partial charge in [0.05, 0.1) is 12.6 Å². The molecule has 1 aliphatic heterocycles. The molecule has 1 saturated heterocycles. The summed E-state index contributed by atoms with van der Waals surface area (Å²) in [6, 6.07) is 8.87. The fourth-order valence-corrected chi connectivity index (χ4v) is 1.82. The summed E-state index contributed by atoms with van der Waals surface area (Å²) < 4.78 is 13.2. The van der Waals surface area contributed by atoms with Crippen molar-refractivity contribution < 1.29 is 14.3 Å². The second-order valence-electron chi connectivity index (χ2n) is 3.71. The Balaban J connectivity index is 2.02. The van der Waals surface area contributed by atoms with E-state index < -0.39 is 18.3 Å². The highest BCUT2D eigenvalue weighted by Gasteiger charge is 2.42. The first-order valence-electron chi connectivity index (χ1n) is 4.86. The Morgan fingerprint density at radius 1 is 1.47 bits per heavy atom. The van der Waals surface area contributed by atoms with Gasteiger partial charge in [-0.25, -0.2) is 9.18 Å². The van der Waals surface area contributed by atoms with E-state index in [9.17, 15) is 9.18 Å². The molecule has 1 aromatic carbocycles. The van der Waals surface area contributed by atoms with Crippen LogP contribution < -0.4 is 0 Å². The van der Waals surface area contributed by atoms with Crippen LogP contribution in [0.2, 0.25) is 0 Å². The first-order chi connectivity index (χ1) is 7.18. The average molecular weight is 209 g/mol. The molecule has 1 aliphatic rings. The van der Waals surface area contributed by atoms with Crippen LogP contribution in [0.15, 0.2) is 30.3 Å². The molecule has 1 N–H and O–H groups in total. The normalized spacial score (nSPS) is 24.7. The summed E-state index contributed by atoms with van der Waals surface area (Å²) >= 11 is 0. The Labute approximate surface area is 87.1 Å². The van der Waals surface area contributed by atoms with Crippen molar-refractivity contribution in [1.82, 2.24) is 4.90 Å². The number of carbonyl (C=O) groups is 1. The van der Waals surface area contributed by atoms with E-state index >= 15 is 0 Å². The number of alkyl halides is 1. The highest BCUT2D eigenvalue weighted by molar-refractivity contribution is 5.67. The van der Waals surface area contributed by atoms with Gasteiger partial charge in [-0.15, -0.1) is 0 Å². The number of amides is 1. The maximum absolute atomic E-state index is 13.2. The highest BCUT2D eigenvalue weighted by Crippen LogP contribution is 2.24. The van der Waals surface area contributed by atoms with Crippen molar-refractivity contribution in [3.8, 4) is 0 Å². The van der Waals surface area contributed by atoms with Crippen molar-refractivity contribution in [2.24, 2.45) is 0 Å². The predicted octanol–water partition coefficient (Wildman–Crippen LogP) is 1.93. The van der Waals surface area contributed by atoms with E-state index in [4.69, 9.17) is 5.11 Å². The molecule has 0 aromatic heterocycles. The van der Waals surface area contributed by atoms with Crippen molar-refractivity contribution in [3.63, 3.8) is 0 Å². The van der Waals surface area contributed by atoms with E-state index in [0.29, 0.717) is 6.42 Å². The quantitative estimate of drug-likeness (QED) is 0.808. The van der Waals surface area contributed by atoms with Crippen LogP contribution in [0.1, 0.15) is 5.56 Å². The summed E-state index contributed by atoms with van der Waals surface area (Å²) in [4.78, 5) is 11.8. The van der Waals surface area contributed by atoms with Crippen LogP contribution in [-0.2, 0) is 6.42 Å². The van der Waals surface area contributed by atoms with Crippen LogP contribution in [0.5, 0.6) is 0 Å². The second kappa shape index (κ2) is 3.88. The van der Waals surface area contributed by atoms with Gasteiger partial charge >= 0.3 is 6.09 Å². The molecule has 1 fully saturated rings. The predicted molar refractivity (Wildman–Crippen MR) is 53.6 cm³/mol. The van der Waals surface area contributed by atoms with Gasteiger partial charge in [-0.1, -0.05) is 30.3 Å². The first kappa shape index (κ1) is 9.96. The minimum absolute atomic E-state index is 0.00678. The molecule has 1 amide bonds. The molecule has 80 valence electrons. The van der Waals surface area contributed by atoms with Crippen LogP contribution in [0.4, 0.5) is 9.18 Å². The van der Waals surface area contributed by atoms with Gasteiger partial charge in [0.15, 0.2) is 0 Å². The summed E-state index contributed by atoms with van der Waals surface area (Å²) in [6.45, 7) is 0.00678. The third kappa shape index (κ3) is 1.93. The number of hydrogen-bond donors (Lipinski definition) is 1. The summed E-state index contributed by atoms with van der Waals surface area (Å²) in [5.41, 5.74) is 0.969. The zero-order chi connectivity index (χ0) is 10.8. The number of halogens is 1. The minimum atomic E-state index is -1.04. The number of carboxylic acid groups (broad SMARTS) is 1. The van der Waals surface area contributed by atoms with E-state index in [-0.39, 0.29) is 6.54 Å². The molecule has 1 aromatic rings. The SMILES string of the molecule is O=C(O)N1C[C@H](F)[C@H]1Cc1ccccc1. The molecule has 0 aliphatic carbocycles. The molecule has 0 saturated carbocycles. The third-order valence-electron chi connectivity index (χ3n) is 2.72. The lowest BCUT2D eigenvalue weighted by atomic mass is 9.94. The molecule has 2 rings (SSSR count). The van der Waals surface area contributed by atoms with E-state index in [0.717, 1.165) is 10.5 Å². The van der Waals surface area contributed by atoms with Gasteiger partial charge in [0, 0.05) is 0 Å². The van der Waals surface area contributed by atoms with Gasteiger partial charge in [0.25, 0.3) is 0 Å². The number of hydrogen-bond acceptors (Lipinski definition) is 1. The standard InChI is InChI=1S/C11H12FNO2/c12-9-7-13(11(14)15)10(9)6-8-4-2-1-3-5-8/h1-5,9-10H,6-7H2,(H,14,15)/t9-,10+/m0/s1. The molecule has 0 unspecified atom stereocenters. The van der Waals surface area contributed by atoms with Gasteiger partial charge in [-0.3, -0.25) is 4.90 Å². The van der Waals surface area contributed by atoms with Crippen LogP contribution in [0, 0.1) is 0 Å². The zero-order valence-electron chi connectivity index (χ0n) is 8.14. The Kier molecular flexibility index (Phi) is 2.58. The lowest BCUT2D eigenvalue weighted by Gasteiger charge is -2.42. The average Bonchev–Trinajstić information content (AvgIpc) is 2.23.